The van der Waals surface area contributed by atoms with Gasteiger partial charge in [0.25, 0.3) is 0 Å². The Morgan fingerprint density at radius 2 is 1.29 bits per heavy atom. The van der Waals surface area contributed by atoms with Crippen LogP contribution in [0.4, 0.5) is 0 Å². The van der Waals surface area contributed by atoms with E-state index in [4.69, 9.17) is 9.47 Å². The topological polar surface area (TPSA) is 116 Å². The van der Waals surface area contributed by atoms with Gasteiger partial charge in [0.1, 0.15) is 36.0 Å². The van der Waals surface area contributed by atoms with Crippen LogP contribution in [0.5, 0.6) is 11.5 Å². The van der Waals surface area contributed by atoms with Gasteiger partial charge in [-0.3, -0.25) is 14.8 Å². The van der Waals surface area contributed by atoms with Crippen molar-refractivity contribution in [2.45, 2.75) is 19.8 Å². The summed E-state index contributed by atoms with van der Waals surface area (Å²) in [6.07, 6.45) is 18.2. The Morgan fingerprint density at radius 3 is 1.89 bits per heavy atom. The normalized spacial score (nSPS) is 10.7. The van der Waals surface area contributed by atoms with E-state index in [0.29, 0.717) is 30.3 Å². The number of ether oxygens (including phenoxy) is 2. The van der Waals surface area contributed by atoms with Crippen molar-refractivity contribution < 1.29 is 19.4 Å². The molecule has 6 rings (SSSR count). The zero-order valence-corrected chi connectivity index (χ0v) is 20.3. The molecular formula is C28H24N6O4. The minimum absolute atomic E-state index is 0.0641. The van der Waals surface area contributed by atoms with Crippen molar-refractivity contribution in [2.24, 2.45) is 0 Å². The van der Waals surface area contributed by atoms with Crippen molar-refractivity contribution in [1.29, 1.82) is 0 Å². The predicted molar refractivity (Wildman–Crippen MR) is 139 cm³/mol. The van der Waals surface area contributed by atoms with Crippen LogP contribution in [0.15, 0.2) is 98.4 Å². The van der Waals surface area contributed by atoms with E-state index in [0.717, 1.165) is 34.3 Å². The summed E-state index contributed by atoms with van der Waals surface area (Å²) in [5, 5.41) is 9.23. The van der Waals surface area contributed by atoms with E-state index >= 15 is 0 Å². The minimum atomic E-state index is -0.0641. The number of aldehydes is 1. The van der Waals surface area contributed by atoms with Crippen molar-refractivity contribution >= 4 is 17.6 Å². The highest BCUT2D eigenvalue weighted by Gasteiger charge is 2.07. The van der Waals surface area contributed by atoms with Gasteiger partial charge in [0.2, 0.25) is 0 Å². The van der Waals surface area contributed by atoms with E-state index in [-0.39, 0.29) is 6.61 Å². The number of hydrogen-bond acceptors (Lipinski definition) is 8. The fourth-order valence-corrected chi connectivity index (χ4v) is 3.83. The molecule has 0 radical (unpaired) electrons. The van der Waals surface area contributed by atoms with Crippen LogP contribution in [0.3, 0.4) is 0 Å². The van der Waals surface area contributed by atoms with Gasteiger partial charge in [0.05, 0.1) is 24.6 Å². The van der Waals surface area contributed by atoms with Gasteiger partial charge in [-0.25, -0.2) is 9.97 Å². The minimum Gasteiger partial charge on any atom is -0.487 e. The second-order valence-electron chi connectivity index (χ2n) is 8.13. The van der Waals surface area contributed by atoms with Crippen LogP contribution in [0.25, 0.3) is 11.3 Å². The number of rotatable bonds is 8. The molecule has 0 spiro atoms. The summed E-state index contributed by atoms with van der Waals surface area (Å²) in [6, 6.07) is 11.2. The first-order valence-electron chi connectivity index (χ1n) is 11.8. The molecule has 10 nitrogen and oxygen atoms in total. The number of carbonyl (C=O) groups is 1. The molecule has 10 heteroatoms. The van der Waals surface area contributed by atoms with Gasteiger partial charge in [-0.2, -0.15) is 0 Å². The number of aromatic nitrogens is 6. The van der Waals surface area contributed by atoms with Gasteiger partial charge in [-0.05, 0) is 24.3 Å². The molecule has 0 saturated heterocycles. The van der Waals surface area contributed by atoms with E-state index < -0.39 is 0 Å². The molecule has 38 heavy (non-hydrogen) atoms. The zero-order chi connectivity index (χ0) is 26.2. The third kappa shape index (κ3) is 5.50. The van der Waals surface area contributed by atoms with Gasteiger partial charge in [0, 0.05) is 66.3 Å². The van der Waals surface area contributed by atoms with E-state index in [1.54, 1.807) is 43.1 Å². The Kier molecular flexibility index (Phi) is 7.61. The molecule has 0 amide bonds. The van der Waals surface area contributed by atoms with Gasteiger partial charge in [0.15, 0.2) is 6.29 Å². The van der Waals surface area contributed by atoms with Gasteiger partial charge in [-0.15, -0.1) is 0 Å². The van der Waals surface area contributed by atoms with Gasteiger partial charge >= 0.3 is 0 Å². The molecule has 0 aliphatic carbocycles. The average Bonchev–Trinajstić information content (AvgIpc) is 3.66. The van der Waals surface area contributed by atoms with Crippen molar-refractivity contribution in [2.75, 3.05) is 0 Å². The summed E-state index contributed by atoms with van der Waals surface area (Å²) < 4.78 is 15.2. The van der Waals surface area contributed by atoms with Crippen molar-refractivity contribution in [3.8, 4) is 11.5 Å². The fourth-order valence-electron chi connectivity index (χ4n) is 3.83. The first kappa shape index (κ1) is 24.6. The lowest BCUT2D eigenvalue weighted by Gasteiger charge is -2.09. The second-order valence-corrected chi connectivity index (χ2v) is 8.13. The summed E-state index contributed by atoms with van der Waals surface area (Å²) in [6.45, 7) is 0.666. The highest BCUT2D eigenvalue weighted by molar-refractivity contribution is 5.78. The molecule has 1 N–H and O–H groups in total. The average molecular weight is 509 g/mol. The standard InChI is InChI=1S/C14H13N3O2.C14H11N3O2/c2*18-9-11-3-4-15-8-13(11)19-10-12-2-1-6-17-7-5-16-14(12)17/h1-8,18H,9-10H2;1-9H,10H2. The van der Waals surface area contributed by atoms with Crippen LogP contribution in [0.1, 0.15) is 27.0 Å². The van der Waals surface area contributed by atoms with Crippen LogP contribution in [-0.4, -0.2) is 40.1 Å². The molecule has 6 aromatic heterocycles. The molecule has 6 heterocycles. The summed E-state index contributed by atoms with van der Waals surface area (Å²) in [7, 11) is 0. The number of carbonyl (C=O) groups excluding carboxylic acids is 1. The maximum Gasteiger partial charge on any atom is 0.153 e. The Labute approximate surface area is 217 Å². The number of nitrogens with zero attached hydrogens (tertiary/aromatic N) is 6. The van der Waals surface area contributed by atoms with E-state index in [1.165, 1.54) is 6.20 Å². The number of imidazole rings is 2. The molecule has 0 atom stereocenters. The second kappa shape index (κ2) is 11.8. The third-order valence-corrected chi connectivity index (χ3v) is 5.75. The van der Waals surface area contributed by atoms with E-state index in [2.05, 4.69) is 19.9 Å². The lowest BCUT2D eigenvalue weighted by Crippen LogP contribution is -2.01. The predicted octanol–water partition coefficient (Wildman–Crippen LogP) is 3.92. The summed E-state index contributed by atoms with van der Waals surface area (Å²) >= 11 is 0. The van der Waals surface area contributed by atoms with Crippen LogP contribution in [0, 0.1) is 0 Å². The molecule has 0 bridgehead atoms. The van der Waals surface area contributed by atoms with Crippen LogP contribution >= 0.6 is 0 Å². The number of fused-ring (bicyclic) bond motifs is 2. The summed E-state index contributed by atoms with van der Waals surface area (Å²) in [4.78, 5) is 27.4. The Balaban J connectivity index is 0.000000155. The molecule has 0 saturated carbocycles. The molecule has 0 unspecified atom stereocenters. The lowest BCUT2D eigenvalue weighted by atomic mass is 10.2. The van der Waals surface area contributed by atoms with E-state index in [9.17, 15) is 9.90 Å². The SMILES string of the molecule is O=Cc1ccncc1OCc1cccn2ccnc12.OCc1ccncc1OCc1cccn2ccnc12. The first-order valence-corrected chi connectivity index (χ1v) is 11.8. The van der Waals surface area contributed by atoms with Crippen LogP contribution < -0.4 is 9.47 Å². The zero-order valence-electron chi connectivity index (χ0n) is 20.3. The fraction of sp³-hybridized carbons (Fsp3) is 0.107. The highest BCUT2D eigenvalue weighted by atomic mass is 16.5. The Morgan fingerprint density at radius 1 is 0.711 bits per heavy atom. The Hall–Kier alpha value is -5.09. The smallest absolute Gasteiger partial charge is 0.153 e. The molecular weight excluding hydrogens is 484 g/mol. The van der Waals surface area contributed by atoms with Crippen LogP contribution in [0.2, 0.25) is 0 Å². The van der Waals surface area contributed by atoms with Gasteiger partial charge < -0.3 is 23.4 Å². The number of aliphatic hydroxyl groups excluding tert-OH is 1. The number of hydrogen-bond donors (Lipinski definition) is 1. The lowest BCUT2D eigenvalue weighted by molar-refractivity contribution is 0.111. The molecule has 0 aromatic carbocycles. The molecule has 0 aliphatic rings. The van der Waals surface area contributed by atoms with Crippen molar-refractivity contribution in [3.63, 3.8) is 0 Å². The largest absolute Gasteiger partial charge is 0.487 e. The maximum atomic E-state index is 10.9. The van der Waals surface area contributed by atoms with Crippen molar-refractivity contribution in [3.05, 3.63) is 121 Å². The maximum absolute atomic E-state index is 10.9. The third-order valence-electron chi connectivity index (χ3n) is 5.75. The van der Waals surface area contributed by atoms with E-state index in [1.807, 2.05) is 57.9 Å². The number of aliphatic hydroxyl groups is 1. The molecule has 0 fully saturated rings. The molecule has 6 aromatic rings. The monoisotopic (exact) mass is 508 g/mol. The number of pyridine rings is 4. The molecule has 0 aliphatic heterocycles. The molecule has 190 valence electrons. The van der Waals surface area contributed by atoms with Gasteiger partial charge in [-0.1, -0.05) is 12.1 Å². The van der Waals surface area contributed by atoms with Crippen molar-refractivity contribution in [1.82, 2.24) is 28.7 Å². The highest BCUT2D eigenvalue weighted by Crippen LogP contribution is 2.19. The summed E-state index contributed by atoms with van der Waals surface area (Å²) in [5.74, 6) is 1.07. The first-order chi connectivity index (χ1) is 18.8. The van der Waals surface area contributed by atoms with Crippen LogP contribution in [-0.2, 0) is 19.8 Å². The quantitative estimate of drug-likeness (QED) is 0.308. The summed E-state index contributed by atoms with van der Waals surface area (Å²) in [5.41, 5.74) is 4.88. The Bertz CT molecular complexity index is 1660.